The Morgan fingerprint density at radius 1 is 0.808 bits per heavy atom. The van der Waals surface area contributed by atoms with Gasteiger partial charge in [-0.1, -0.05) is 29.8 Å². The molecule has 0 radical (unpaired) electrons. The van der Waals surface area contributed by atoms with Gasteiger partial charge >= 0.3 is 12.7 Å². The average Bonchev–Trinajstić information content (AvgIpc) is 2.46. The third-order valence-corrected chi connectivity index (χ3v) is 3.31. The van der Waals surface area contributed by atoms with Crippen LogP contribution in [0.15, 0.2) is 42.5 Å². The first kappa shape index (κ1) is 22.2. The van der Waals surface area contributed by atoms with Crippen molar-refractivity contribution in [3.05, 3.63) is 58.6 Å². The molecule has 0 amide bonds. The minimum Gasteiger partial charge on any atom is -0.406 e. The van der Waals surface area contributed by atoms with Crippen LogP contribution in [-0.2, 0) is 0 Å². The molecule has 3 nitrogen and oxygen atoms in total. The summed E-state index contributed by atoms with van der Waals surface area (Å²) in [7, 11) is 0. The fourth-order valence-electron chi connectivity index (χ4n) is 1.99. The third-order valence-electron chi connectivity index (χ3n) is 3.01. The van der Waals surface area contributed by atoms with Gasteiger partial charge in [0.1, 0.15) is 11.5 Å². The maximum atomic E-state index is 12.2. The molecule has 0 saturated heterocycles. The largest absolute Gasteiger partial charge is 0.573 e. The molecular formula is C15H11Cl2F6NO2. The predicted molar refractivity (Wildman–Crippen MR) is 84.5 cm³/mol. The SMILES string of the molecule is Cl.N[C@H](c1ccc(OC(F)(F)F)cc1)c1ccc(OC(F)(F)F)c(Cl)c1. The molecule has 0 aromatic heterocycles. The Labute approximate surface area is 155 Å². The van der Waals surface area contributed by atoms with E-state index in [2.05, 4.69) is 9.47 Å². The lowest BCUT2D eigenvalue weighted by Gasteiger charge is -2.16. The highest BCUT2D eigenvalue weighted by atomic mass is 35.5. The van der Waals surface area contributed by atoms with Gasteiger partial charge in [0.2, 0.25) is 0 Å². The van der Waals surface area contributed by atoms with E-state index in [-0.39, 0.29) is 17.4 Å². The lowest BCUT2D eigenvalue weighted by atomic mass is 9.99. The zero-order chi connectivity index (χ0) is 18.8. The van der Waals surface area contributed by atoms with E-state index in [1.54, 1.807) is 0 Å². The van der Waals surface area contributed by atoms with Gasteiger partial charge in [0.25, 0.3) is 0 Å². The molecule has 2 rings (SSSR count). The lowest BCUT2D eigenvalue weighted by molar-refractivity contribution is -0.275. The molecule has 0 spiro atoms. The highest BCUT2D eigenvalue weighted by molar-refractivity contribution is 6.32. The molecule has 0 saturated carbocycles. The Morgan fingerprint density at radius 2 is 1.31 bits per heavy atom. The molecule has 0 fully saturated rings. The van der Waals surface area contributed by atoms with Crippen molar-refractivity contribution in [3.63, 3.8) is 0 Å². The molecule has 0 bridgehead atoms. The Bertz CT molecular complexity index is 734. The van der Waals surface area contributed by atoms with Crippen molar-refractivity contribution in [3.8, 4) is 11.5 Å². The van der Waals surface area contributed by atoms with Crippen LogP contribution >= 0.6 is 24.0 Å². The van der Waals surface area contributed by atoms with E-state index >= 15 is 0 Å². The highest BCUT2D eigenvalue weighted by Crippen LogP contribution is 2.33. The standard InChI is InChI=1S/C15H10ClF6NO2.ClH/c16-11-7-9(3-6-12(11)25-15(20,21)22)13(23)8-1-4-10(5-2-8)24-14(17,18)19;/h1-7,13H,23H2;1H/t13-;/m1./s1. The second-order valence-electron chi connectivity index (χ2n) is 4.83. The highest BCUT2D eigenvalue weighted by Gasteiger charge is 2.32. The van der Waals surface area contributed by atoms with Crippen molar-refractivity contribution in [2.24, 2.45) is 5.73 Å². The maximum Gasteiger partial charge on any atom is 0.573 e. The van der Waals surface area contributed by atoms with Crippen LogP contribution in [0.3, 0.4) is 0 Å². The molecule has 1 atom stereocenters. The lowest BCUT2D eigenvalue weighted by Crippen LogP contribution is -2.18. The topological polar surface area (TPSA) is 44.5 Å². The number of ether oxygens (including phenoxy) is 2. The van der Waals surface area contributed by atoms with E-state index in [9.17, 15) is 26.3 Å². The number of benzene rings is 2. The Kier molecular flexibility index (Phi) is 7.03. The first-order valence-corrected chi connectivity index (χ1v) is 6.99. The first-order valence-electron chi connectivity index (χ1n) is 6.61. The van der Waals surface area contributed by atoms with E-state index in [0.717, 1.165) is 18.2 Å². The molecule has 26 heavy (non-hydrogen) atoms. The van der Waals surface area contributed by atoms with E-state index in [4.69, 9.17) is 17.3 Å². The van der Waals surface area contributed by atoms with Crippen LogP contribution in [0.25, 0.3) is 0 Å². The monoisotopic (exact) mass is 421 g/mol. The van der Waals surface area contributed by atoms with Gasteiger partial charge in [-0.2, -0.15) is 0 Å². The summed E-state index contributed by atoms with van der Waals surface area (Å²) in [4.78, 5) is 0. The molecule has 11 heteroatoms. The van der Waals surface area contributed by atoms with Crippen molar-refractivity contribution in [2.45, 2.75) is 18.8 Å². The van der Waals surface area contributed by atoms with Crippen LogP contribution in [0.4, 0.5) is 26.3 Å². The minimum absolute atomic E-state index is 0. The molecule has 2 aromatic carbocycles. The zero-order valence-electron chi connectivity index (χ0n) is 12.6. The number of alkyl halides is 6. The van der Waals surface area contributed by atoms with Crippen molar-refractivity contribution in [1.29, 1.82) is 0 Å². The fourth-order valence-corrected chi connectivity index (χ4v) is 2.21. The van der Waals surface area contributed by atoms with E-state index < -0.39 is 30.3 Å². The summed E-state index contributed by atoms with van der Waals surface area (Å²) in [5, 5.41) is -0.303. The zero-order valence-corrected chi connectivity index (χ0v) is 14.1. The maximum absolute atomic E-state index is 12.2. The number of hydrogen-bond donors (Lipinski definition) is 1. The van der Waals surface area contributed by atoms with Gasteiger partial charge in [-0.15, -0.1) is 38.7 Å². The van der Waals surface area contributed by atoms with E-state index in [1.165, 1.54) is 24.3 Å². The fraction of sp³-hybridized carbons (Fsp3) is 0.200. The van der Waals surface area contributed by atoms with Gasteiger partial charge in [-0.25, -0.2) is 0 Å². The Balaban J connectivity index is 0.00000338. The summed E-state index contributed by atoms with van der Waals surface area (Å²) in [5.74, 6) is -1.01. The summed E-state index contributed by atoms with van der Waals surface area (Å²) in [6.07, 6.45) is -9.70. The molecule has 2 aromatic rings. The quantitative estimate of drug-likeness (QED) is 0.652. The second-order valence-corrected chi connectivity index (χ2v) is 5.24. The average molecular weight is 422 g/mol. The molecule has 144 valence electrons. The summed E-state index contributed by atoms with van der Waals surface area (Å²) in [6.45, 7) is 0. The van der Waals surface area contributed by atoms with E-state index in [1.807, 2.05) is 0 Å². The third kappa shape index (κ3) is 6.47. The van der Waals surface area contributed by atoms with Crippen molar-refractivity contribution < 1.29 is 35.8 Å². The summed E-state index contributed by atoms with van der Waals surface area (Å²) >= 11 is 5.74. The van der Waals surface area contributed by atoms with Crippen LogP contribution in [0, 0.1) is 0 Å². The van der Waals surface area contributed by atoms with Crippen LogP contribution in [-0.4, -0.2) is 12.7 Å². The second kappa shape index (κ2) is 8.24. The molecular weight excluding hydrogens is 411 g/mol. The summed E-state index contributed by atoms with van der Waals surface area (Å²) < 4.78 is 80.4. The molecule has 0 heterocycles. The Hall–Kier alpha value is -1.84. The normalized spacial score (nSPS) is 12.9. The van der Waals surface area contributed by atoms with Crippen LogP contribution in [0.2, 0.25) is 5.02 Å². The van der Waals surface area contributed by atoms with Gasteiger partial charge in [0.15, 0.2) is 0 Å². The van der Waals surface area contributed by atoms with Gasteiger partial charge in [-0.3, -0.25) is 0 Å². The van der Waals surface area contributed by atoms with E-state index in [0.29, 0.717) is 11.1 Å². The number of rotatable bonds is 4. The molecule has 0 aliphatic heterocycles. The van der Waals surface area contributed by atoms with Gasteiger partial charge in [0, 0.05) is 0 Å². The van der Waals surface area contributed by atoms with Crippen molar-refractivity contribution >= 4 is 24.0 Å². The molecule has 0 aliphatic carbocycles. The molecule has 0 aliphatic rings. The number of hydrogen-bond acceptors (Lipinski definition) is 3. The number of nitrogens with two attached hydrogens (primary N) is 1. The van der Waals surface area contributed by atoms with Crippen LogP contribution < -0.4 is 15.2 Å². The number of halogens is 8. The molecule has 0 unspecified atom stereocenters. The summed E-state index contributed by atoms with van der Waals surface area (Å²) in [5.41, 5.74) is 6.72. The van der Waals surface area contributed by atoms with Crippen LogP contribution in [0.1, 0.15) is 17.2 Å². The van der Waals surface area contributed by atoms with Crippen molar-refractivity contribution in [1.82, 2.24) is 0 Å². The van der Waals surface area contributed by atoms with Gasteiger partial charge in [-0.05, 0) is 35.4 Å². The Morgan fingerprint density at radius 3 is 1.77 bits per heavy atom. The minimum atomic E-state index is -4.89. The van der Waals surface area contributed by atoms with Crippen LogP contribution in [0.5, 0.6) is 11.5 Å². The van der Waals surface area contributed by atoms with Gasteiger partial charge in [0.05, 0.1) is 11.1 Å². The molecule has 2 N–H and O–H groups in total. The van der Waals surface area contributed by atoms with Crippen molar-refractivity contribution in [2.75, 3.05) is 0 Å². The smallest absolute Gasteiger partial charge is 0.406 e. The van der Waals surface area contributed by atoms with Gasteiger partial charge < -0.3 is 15.2 Å². The summed E-state index contributed by atoms with van der Waals surface area (Å²) in [6, 6.07) is 7.41. The first-order chi connectivity index (χ1) is 11.4. The predicted octanol–water partition coefficient (Wildman–Crippen LogP) is 5.61.